The molecule has 1 aromatic rings. The van der Waals surface area contributed by atoms with Gasteiger partial charge in [0.25, 0.3) is 0 Å². The summed E-state index contributed by atoms with van der Waals surface area (Å²) in [4.78, 5) is 18.4. The molecule has 0 radical (unpaired) electrons. The minimum atomic E-state index is -0.151. The molecule has 5 heteroatoms. The topological polar surface area (TPSA) is 57.3 Å². The number of aryl methyl sites for hydroxylation is 1. The van der Waals surface area contributed by atoms with Gasteiger partial charge in [0.05, 0.1) is 0 Å². The van der Waals surface area contributed by atoms with Crippen LogP contribution in [0.2, 0.25) is 0 Å². The monoisotopic (exact) mass is 290 g/mol. The number of amides is 2. The molecule has 1 aliphatic heterocycles. The van der Waals surface area contributed by atoms with Crippen molar-refractivity contribution in [2.24, 2.45) is 5.92 Å². The van der Waals surface area contributed by atoms with Gasteiger partial charge in [-0.15, -0.1) is 0 Å². The Bertz CT molecular complexity index is 469. The number of carbonyl (C=O) groups excluding carboxylic acids is 1. The summed E-state index contributed by atoms with van der Waals surface area (Å²) in [6.45, 7) is 9.35. The third-order valence-corrected chi connectivity index (χ3v) is 4.27. The number of pyridine rings is 1. The lowest BCUT2D eigenvalue weighted by molar-refractivity contribution is 0.146. The summed E-state index contributed by atoms with van der Waals surface area (Å²) in [5, 5.41) is 5.82. The van der Waals surface area contributed by atoms with Gasteiger partial charge in [0, 0.05) is 30.7 Å². The quantitative estimate of drug-likeness (QED) is 0.896. The van der Waals surface area contributed by atoms with Gasteiger partial charge in [-0.1, -0.05) is 6.92 Å². The van der Waals surface area contributed by atoms with E-state index in [-0.39, 0.29) is 6.03 Å². The average molecular weight is 290 g/mol. The predicted octanol–water partition coefficient (Wildman–Crippen LogP) is 2.63. The van der Waals surface area contributed by atoms with Gasteiger partial charge in [-0.2, -0.15) is 0 Å². The van der Waals surface area contributed by atoms with Crippen LogP contribution in [0.3, 0.4) is 0 Å². The molecule has 2 heterocycles. The Morgan fingerprint density at radius 1 is 1.48 bits per heavy atom. The Morgan fingerprint density at radius 3 is 2.86 bits per heavy atom. The molecule has 0 aliphatic carbocycles. The zero-order chi connectivity index (χ0) is 15.2. The van der Waals surface area contributed by atoms with Crippen molar-refractivity contribution in [3.63, 3.8) is 0 Å². The largest absolute Gasteiger partial charge is 0.336 e. The average Bonchev–Trinajstić information content (AvgIpc) is 2.48. The van der Waals surface area contributed by atoms with Gasteiger partial charge in [-0.25, -0.2) is 4.79 Å². The highest BCUT2D eigenvalue weighted by Gasteiger charge is 2.20. The van der Waals surface area contributed by atoms with E-state index in [0.29, 0.717) is 12.6 Å². The number of carbonyl (C=O) groups is 1. The van der Waals surface area contributed by atoms with Crippen LogP contribution in [0.15, 0.2) is 18.5 Å². The summed E-state index contributed by atoms with van der Waals surface area (Å²) in [6.07, 6.45) is 5.94. The predicted molar refractivity (Wildman–Crippen MR) is 85.4 cm³/mol. The molecule has 0 saturated carbocycles. The van der Waals surface area contributed by atoms with Crippen LogP contribution in [0.1, 0.15) is 32.3 Å². The summed E-state index contributed by atoms with van der Waals surface area (Å²) in [7, 11) is 0. The number of likely N-dealkylation sites (tertiary alicyclic amines) is 1. The maximum Gasteiger partial charge on any atom is 0.319 e. The molecule has 5 nitrogen and oxygen atoms in total. The normalized spacial score (nSPS) is 18.2. The highest BCUT2D eigenvalue weighted by Crippen LogP contribution is 2.17. The van der Waals surface area contributed by atoms with E-state index in [1.807, 2.05) is 13.0 Å². The summed E-state index contributed by atoms with van der Waals surface area (Å²) in [5.41, 5.74) is 1.77. The zero-order valence-electron chi connectivity index (χ0n) is 13.2. The van der Waals surface area contributed by atoms with Crippen molar-refractivity contribution >= 4 is 11.7 Å². The maximum absolute atomic E-state index is 11.9. The number of hydrogen-bond donors (Lipinski definition) is 2. The SMILES string of the molecule is Cc1cnccc1NC(=O)NCC(C)N1CCC(C)CC1. The van der Waals surface area contributed by atoms with Crippen molar-refractivity contribution in [1.29, 1.82) is 0 Å². The van der Waals surface area contributed by atoms with Gasteiger partial charge in [-0.3, -0.25) is 9.88 Å². The van der Waals surface area contributed by atoms with Crippen molar-refractivity contribution in [2.75, 3.05) is 25.0 Å². The van der Waals surface area contributed by atoms with Crippen molar-refractivity contribution in [3.05, 3.63) is 24.0 Å². The molecule has 1 saturated heterocycles. The lowest BCUT2D eigenvalue weighted by Crippen LogP contribution is -2.46. The van der Waals surface area contributed by atoms with E-state index in [2.05, 4.69) is 34.4 Å². The van der Waals surface area contributed by atoms with E-state index < -0.39 is 0 Å². The molecule has 2 N–H and O–H groups in total. The van der Waals surface area contributed by atoms with Gasteiger partial charge >= 0.3 is 6.03 Å². The highest BCUT2D eigenvalue weighted by atomic mass is 16.2. The first kappa shape index (κ1) is 15.8. The van der Waals surface area contributed by atoms with E-state index in [1.165, 1.54) is 12.8 Å². The van der Waals surface area contributed by atoms with Crippen LogP contribution in [-0.4, -0.2) is 41.6 Å². The van der Waals surface area contributed by atoms with Gasteiger partial charge in [0.1, 0.15) is 0 Å². The highest BCUT2D eigenvalue weighted by molar-refractivity contribution is 5.89. The first-order chi connectivity index (χ1) is 10.1. The summed E-state index contributed by atoms with van der Waals surface area (Å²) < 4.78 is 0. The molecule has 1 atom stereocenters. The molecule has 0 aromatic carbocycles. The fourth-order valence-electron chi connectivity index (χ4n) is 2.62. The van der Waals surface area contributed by atoms with E-state index in [1.54, 1.807) is 12.4 Å². The fraction of sp³-hybridized carbons (Fsp3) is 0.625. The van der Waals surface area contributed by atoms with Crippen molar-refractivity contribution in [1.82, 2.24) is 15.2 Å². The number of nitrogens with zero attached hydrogens (tertiary/aromatic N) is 2. The molecule has 1 aromatic heterocycles. The van der Waals surface area contributed by atoms with Gasteiger partial charge in [0.15, 0.2) is 0 Å². The lowest BCUT2D eigenvalue weighted by Gasteiger charge is -2.35. The molecule has 1 aliphatic rings. The van der Waals surface area contributed by atoms with Gasteiger partial charge < -0.3 is 10.6 Å². The van der Waals surface area contributed by atoms with E-state index in [4.69, 9.17) is 0 Å². The second-order valence-corrected chi connectivity index (χ2v) is 6.09. The van der Waals surface area contributed by atoms with Crippen LogP contribution in [-0.2, 0) is 0 Å². The van der Waals surface area contributed by atoms with Crippen LogP contribution >= 0.6 is 0 Å². The van der Waals surface area contributed by atoms with Crippen molar-refractivity contribution in [3.8, 4) is 0 Å². The number of rotatable bonds is 4. The van der Waals surface area contributed by atoms with Crippen LogP contribution in [0, 0.1) is 12.8 Å². The molecule has 21 heavy (non-hydrogen) atoms. The van der Waals surface area contributed by atoms with Crippen molar-refractivity contribution < 1.29 is 4.79 Å². The Morgan fingerprint density at radius 2 is 2.19 bits per heavy atom. The summed E-state index contributed by atoms with van der Waals surface area (Å²) >= 11 is 0. The van der Waals surface area contributed by atoms with Gasteiger partial charge in [0.2, 0.25) is 0 Å². The maximum atomic E-state index is 11.9. The number of urea groups is 1. The number of piperidine rings is 1. The summed E-state index contributed by atoms with van der Waals surface area (Å²) in [6, 6.07) is 2.04. The fourth-order valence-corrected chi connectivity index (χ4v) is 2.62. The Hall–Kier alpha value is -1.62. The molecule has 0 bridgehead atoms. The smallest absolute Gasteiger partial charge is 0.319 e. The number of hydrogen-bond acceptors (Lipinski definition) is 3. The molecular formula is C16H26N4O. The molecule has 116 valence electrons. The second kappa shape index (κ2) is 7.41. The molecule has 2 rings (SSSR count). The van der Waals surface area contributed by atoms with Crippen LogP contribution in [0.25, 0.3) is 0 Å². The van der Waals surface area contributed by atoms with Crippen LogP contribution < -0.4 is 10.6 Å². The van der Waals surface area contributed by atoms with Crippen LogP contribution in [0.5, 0.6) is 0 Å². The lowest BCUT2D eigenvalue weighted by atomic mass is 9.98. The molecular weight excluding hydrogens is 264 g/mol. The van der Waals surface area contributed by atoms with E-state index in [0.717, 1.165) is 30.3 Å². The first-order valence-electron chi connectivity index (χ1n) is 7.75. The minimum Gasteiger partial charge on any atom is -0.336 e. The van der Waals surface area contributed by atoms with E-state index >= 15 is 0 Å². The Balaban J connectivity index is 1.75. The Kier molecular flexibility index (Phi) is 5.56. The standard InChI is InChI=1S/C16H26N4O/c1-12-5-8-20(9-6-12)14(3)11-18-16(21)19-15-4-7-17-10-13(15)2/h4,7,10,12,14H,5-6,8-9,11H2,1-3H3,(H2,17,18,19,21). The van der Waals surface area contributed by atoms with E-state index in [9.17, 15) is 4.79 Å². The Labute approximate surface area is 127 Å². The van der Waals surface area contributed by atoms with Crippen molar-refractivity contribution in [2.45, 2.75) is 39.7 Å². The van der Waals surface area contributed by atoms with Gasteiger partial charge in [-0.05, 0) is 57.3 Å². The molecule has 1 fully saturated rings. The molecule has 0 spiro atoms. The number of anilines is 1. The third-order valence-electron chi connectivity index (χ3n) is 4.27. The first-order valence-corrected chi connectivity index (χ1v) is 7.75. The zero-order valence-corrected chi connectivity index (χ0v) is 13.2. The molecule has 1 unspecified atom stereocenters. The number of nitrogens with one attached hydrogen (secondary N) is 2. The summed E-state index contributed by atoms with van der Waals surface area (Å²) in [5.74, 6) is 0.833. The number of aromatic nitrogens is 1. The second-order valence-electron chi connectivity index (χ2n) is 6.09. The van der Waals surface area contributed by atoms with Crippen LogP contribution in [0.4, 0.5) is 10.5 Å². The molecule has 2 amide bonds. The minimum absolute atomic E-state index is 0.151. The third kappa shape index (κ3) is 4.70.